The molecular weight excluding hydrogens is 552 g/mol. The number of fused-ring (bicyclic) bond motifs is 1. The summed E-state index contributed by atoms with van der Waals surface area (Å²) in [6.07, 6.45) is 1.52. The Hall–Kier alpha value is -2.89. The second-order valence-corrected chi connectivity index (χ2v) is 11.5. The lowest BCUT2D eigenvalue weighted by molar-refractivity contribution is 0.196. The van der Waals surface area contributed by atoms with Crippen LogP contribution in [0.5, 0.6) is 5.75 Å². The summed E-state index contributed by atoms with van der Waals surface area (Å²) in [4.78, 5) is 22.6. The molecule has 0 amide bonds. The van der Waals surface area contributed by atoms with Crippen LogP contribution in [0.2, 0.25) is 0 Å². The van der Waals surface area contributed by atoms with Crippen LogP contribution in [-0.4, -0.2) is 94.1 Å². The summed E-state index contributed by atoms with van der Waals surface area (Å²) in [6, 6.07) is 4.72. The summed E-state index contributed by atoms with van der Waals surface area (Å²) in [7, 11) is -8.88. The van der Waals surface area contributed by atoms with Crippen molar-refractivity contribution in [2.24, 2.45) is 0 Å². The average molecular weight is 585 g/mol. The minimum absolute atomic E-state index is 0.147. The van der Waals surface area contributed by atoms with Crippen molar-refractivity contribution >= 4 is 25.9 Å². The monoisotopic (exact) mass is 584 g/mol. The number of aromatic nitrogens is 4. The van der Waals surface area contributed by atoms with Gasteiger partial charge in [-0.15, -0.1) is 5.10 Å². The normalized spacial score (nSPS) is 15.2. The largest absolute Gasteiger partial charge is 0.759 e. The molecule has 1 fully saturated rings. The highest BCUT2D eigenvalue weighted by atomic mass is 32.3. The number of nitrogens with zero attached hydrogens (tertiary/aromatic N) is 5. The first kappa shape index (κ1) is 30.6. The van der Waals surface area contributed by atoms with Crippen molar-refractivity contribution in [2.45, 2.75) is 45.4 Å². The summed E-state index contributed by atoms with van der Waals surface area (Å²) in [5.41, 5.74) is 1.09. The van der Waals surface area contributed by atoms with Crippen LogP contribution in [0.25, 0.3) is 16.9 Å². The third-order valence-electron chi connectivity index (χ3n) is 6.14. The predicted octanol–water partition coefficient (Wildman–Crippen LogP) is 0.732. The van der Waals surface area contributed by atoms with Crippen LogP contribution in [0.15, 0.2) is 27.9 Å². The molecule has 0 saturated carbocycles. The van der Waals surface area contributed by atoms with Crippen molar-refractivity contribution in [1.82, 2.24) is 28.8 Å². The number of aromatic amines is 1. The van der Waals surface area contributed by atoms with Crippen molar-refractivity contribution < 1.29 is 30.7 Å². The van der Waals surface area contributed by atoms with Gasteiger partial charge in [-0.05, 0) is 45.0 Å². The van der Waals surface area contributed by atoms with Gasteiger partial charge >= 0.3 is 0 Å². The molecule has 1 aliphatic rings. The molecule has 3 aromatic rings. The van der Waals surface area contributed by atoms with E-state index in [-0.39, 0.29) is 16.3 Å². The van der Waals surface area contributed by atoms with Gasteiger partial charge in [-0.2, -0.15) is 4.31 Å². The fourth-order valence-corrected chi connectivity index (χ4v) is 5.76. The Morgan fingerprint density at radius 3 is 2.26 bits per heavy atom. The highest BCUT2D eigenvalue weighted by Crippen LogP contribution is 2.31. The van der Waals surface area contributed by atoms with Gasteiger partial charge in [0, 0.05) is 43.0 Å². The molecule has 216 valence electrons. The van der Waals surface area contributed by atoms with E-state index in [0.29, 0.717) is 67.6 Å². The number of likely N-dealkylation sites (N-methyl/N-ethyl adjacent to an activating group) is 1. The van der Waals surface area contributed by atoms with Gasteiger partial charge in [-0.3, -0.25) is 13.2 Å². The molecule has 0 aliphatic carbocycles. The van der Waals surface area contributed by atoms with E-state index in [1.807, 2.05) is 13.8 Å². The van der Waals surface area contributed by atoms with E-state index >= 15 is 0 Å². The lowest BCUT2D eigenvalue weighted by Crippen LogP contribution is -2.48. The van der Waals surface area contributed by atoms with E-state index in [1.54, 1.807) is 29.6 Å². The molecule has 2 aromatic heterocycles. The lowest BCUT2D eigenvalue weighted by Gasteiger charge is -2.33. The van der Waals surface area contributed by atoms with Crippen LogP contribution in [0.3, 0.4) is 0 Å². The van der Waals surface area contributed by atoms with Crippen molar-refractivity contribution in [3.05, 3.63) is 40.1 Å². The molecule has 39 heavy (non-hydrogen) atoms. The first-order valence-electron chi connectivity index (χ1n) is 12.4. The standard InChI is InChI=1S/C23H32N6O4S.H2O4S/c1-5-8-20-24-16(4)21-23(30)25-22(26-29(20)21)18-15-17(9-10-19(18)33-7-3)34(31,32)28-13-11-27(6-2)12-14-28;1-5(2,3)4/h9-10,15H,5-8,11-14H2,1-4H3,(H,25,26,30);(H2,1,2,3,4)/p-2. The number of hydrogen-bond acceptors (Lipinski definition) is 11. The molecule has 1 aliphatic heterocycles. The summed E-state index contributed by atoms with van der Waals surface area (Å²) in [5, 5.41) is 4.65. The minimum Gasteiger partial charge on any atom is -0.759 e. The number of hydrogen-bond donors (Lipinski definition) is 1. The van der Waals surface area contributed by atoms with Gasteiger partial charge in [0.1, 0.15) is 11.6 Å². The van der Waals surface area contributed by atoms with E-state index in [9.17, 15) is 13.2 Å². The molecule has 0 atom stereocenters. The van der Waals surface area contributed by atoms with Gasteiger partial charge in [0.25, 0.3) is 5.56 Å². The molecule has 14 nitrogen and oxygen atoms in total. The number of nitrogens with one attached hydrogen (secondary N) is 1. The topological polar surface area (TPSA) is 193 Å². The molecule has 3 heterocycles. The van der Waals surface area contributed by atoms with E-state index in [2.05, 4.69) is 26.9 Å². The van der Waals surface area contributed by atoms with Crippen LogP contribution in [0.4, 0.5) is 0 Å². The van der Waals surface area contributed by atoms with Crippen LogP contribution in [0.1, 0.15) is 38.7 Å². The summed E-state index contributed by atoms with van der Waals surface area (Å²) >= 11 is 0. The molecule has 16 heteroatoms. The maximum atomic E-state index is 13.4. The first-order chi connectivity index (χ1) is 18.3. The number of benzene rings is 1. The molecule has 1 N–H and O–H groups in total. The first-order valence-corrected chi connectivity index (χ1v) is 15.2. The zero-order chi connectivity index (χ0) is 29.0. The Morgan fingerprint density at radius 1 is 1.05 bits per heavy atom. The van der Waals surface area contributed by atoms with Gasteiger partial charge in [0.15, 0.2) is 11.3 Å². The van der Waals surface area contributed by atoms with Gasteiger partial charge in [-0.25, -0.2) is 17.9 Å². The van der Waals surface area contributed by atoms with E-state index in [1.165, 1.54) is 4.31 Å². The Morgan fingerprint density at radius 2 is 1.69 bits per heavy atom. The summed E-state index contributed by atoms with van der Waals surface area (Å²) < 4.78 is 69.8. The number of ether oxygens (including phenoxy) is 1. The highest BCUT2D eigenvalue weighted by Gasteiger charge is 2.29. The predicted molar refractivity (Wildman–Crippen MR) is 140 cm³/mol. The van der Waals surface area contributed by atoms with Crippen LogP contribution < -0.4 is 10.3 Å². The molecule has 0 bridgehead atoms. The van der Waals surface area contributed by atoms with Crippen LogP contribution >= 0.6 is 0 Å². The van der Waals surface area contributed by atoms with Gasteiger partial charge in [0.05, 0.1) is 22.8 Å². The zero-order valence-corrected chi connectivity index (χ0v) is 23.8. The van der Waals surface area contributed by atoms with Crippen molar-refractivity contribution in [2.75, 3.05) is 39.3 Å². The number of aryl methyl sites for hydroxylation is 2. The van der Waals surface area contributed by atoms with Crippen molar-refractivity contribution in [3.8, 4) is 17.1 Å². The second kappa shape index (κ2) is 12.5. The van der Waals surface area contributed by atoms with Crippen molar-refractivity contribution in [3.63, 3.8) is 0 Å². The maximum absolute atomic E-state index is 13.4. The van der Waals surface area contributed by atoms with Gasteiger partial charge in [0.2, 0.25) is 10.0 Å². The fourth-order valence-electron chi connectivity index (χ4n) is 4.31. The van der Waals surface area contributed by atoms with Gasteiger partial charge in [-0.1, -0.05) is 13.8 Å². The van der Waals surface area contributed by atoms with E-state index < -0.39 is 20.4 Å². The number of H-pyrrole nitrogens is 1. The number of rotatable bonds is 8. The minimum atomic E-state index is -5.17. The van der Waals surface area contributed by atoms with E-state index in [0.717, 1.165) is 13.0 Å². The third-order valence-corrected chi connectivity index (χ3v) is 8.03. The Kier molecular flexibility index (Phi) is 9.84. The molecule has 0 spiro atoms. The molecule has 0 unspecified atom stereocenters. The Balaban J connectivity index is 0.000000771. The van der Waals surface area contributed by atoms with E-state index in [4.69, 9.17) is 22.3 Å². The third kappa shape index (κ3) is 7.40. The quantitative estimate of drug-likeness (QED) is 0.290. The zero-order valence-electron chi connectivity index (χ0n) is 22.2. The smallest absolute Gasteiger partial charge is 0.277 e. The highest BCUT2D eigenvalue weighted by molar-refractivity contribution is 7.89. The molecule has 1 saturated heterocycles. The number of piperazine rings is 1. The summed E-state index contributed by atoms with van der Waals surface area (Å²) in [6.45, 7) is 11.3. The molecule has 0 radical (unpaired) electrons. The molecular formula is C23H32N6O8S2-2. The number of sulfonamides is 1. The fraction of sp³-hybridized carbons (Fsp3) is 0.522. The lowest BCUT2D eigenvalue weighted by atomic mass is 10.2. The van der Waals surface area contributed by atoms with Gasteiger partial charge < -0.3 is 23.7 Å². The number of imidazole rings is 1. The second-order valence-electron chi connectivity index (χ2n) is 8.76. The Labute approximate surface area is 227 Å². The summed E-state index contributed by atoms with van der Waals surface area (Å²) in [5.74, 6) is 1.38. The maximum Gasteiger partial charge on any atom is 0.277 e. The van der Waals surface area contributed by atoms with Crippen molar-refractivity contribution in [1.29, 1.82) is 0 Å². The SMILES string of the molecule is CCCc1nc(C)c2c(=O)[nH]c(-c3cc(S(=O)(=O)N4CCN(CC)CC4)ccc3OCC)nn12.O=S(=O)([O-])[O-]. The molecule has 1 aromatic carbocycles. The van der Waals surface area contributed by atoms with Crippen LogP contribution in [0, 0.1) is 6.92 Å². The Bertz CT molecular complexity index is 1570. The molecule has 4 rings (SSSR count). The average Bonchev–Trinajstić information content (AvgIpc) is 3.19. The van der Waals surface area contributed by atoms with Crippen LogP contribution in [-0.2, 0) is 26.8 Å².